The van der Waals surface area contributed by atoms with E-state index in [0.717, 1.165) is 0 Å². The van der Waals surface area contributed by atoms with Crippen LogP contribution in [0, 0.1) is 5.41 Å². The summed E-state index contributed by atoms with van der Waals surface area (Å²) in [5, 5.41) is 1.64. The van der Waals surface area contributed by atoms with E-state index in [1.54, 1.807) is 32.8 Å². The van der Waals surface area contributed by atoms with Crippen LogP contribution in [0.25, 0.3) is 0 Å². The fourth-order valence-electron chi connectivity index (χ4n) is 2.36. The van der Waals surface area contributed by atoms with E-state index in [-0.39, 0.29) is 19.0 Å². The van der Waals surface area contributed by atoms with Crippen molar-refractivity contribution in [2.45, 2.75) is 93.1 Å². The van der Waals surface area contributed by atoms with Gasteiger partial charge in [0.05, 0.1) is 13.2 Å². The van der Waals surface area contributed by atoms with Crippen molar-refractivity contribution in [3.05, 3.63) is 0 Å². The maximum absolute atomic E-state index is 13.7. The summed E-state index contributed by atoms with van der Waals surface area (Å²) >= 11 is 0. The average molecular weight is 379 g/mol. The molecule has 0 spiro atoms. The predicted molar refractivity (Wildman–Crippen MR) is 102 cm³/mol. The number of hydrogen-bond acceptors (Lipinski definition) is 6. The van der Waals surface area contributed by atoms with E-state index in [1.807, 2.05) is 41.5 Å². The van der Waals surface area contributed by atoms with E-state index in [4.69, 9.17) is 13.9 Å². The Balaban J connectivity index is 6.32. The van der Waals surface area contributed by atoms with Crippen LogP contribution in [0.3, 0.4) is 0 Å². The maximum Gasteiger partial charge on any atom is 0.350 e. The number of carbonyl (C=O) groups is 1. The van der Waals surface area contributed by atoms with Gasteiger partial charge in [-0.3, -0.25) is 14.2 Å². The van der Waals surface area contributed by atoms with Crippen LogP contribution in [0.15, 0.2) is 0 Å². The van der Waals surface area contributed by atoms with E-state index in [2.05, 4.69) is 0 Å². The molecule has 1 atom stereocenters. The smallest absolute Gasteiger partial charge is 0.308 e. The summed E-state index contributed by atoms with van der Waals surface area (Å²) in [6.45, 7) is 20.7. The number of nitrogens with zero attached hydrogens (tertiary/aromatic N) is 1. The zero-order valence-corrected chi connectivity index (χ0v) is 18.8. The Morgan fingerprint density at radius 1 is 0.960 bits per heavy atom. The Morgan fingerprint density at radius 3 is 1.60 bits per heavy atom. The predicted octanol–water partition coefficient (Wildman–Crippen LogP) is 5.02. The van der Waals surface area contributed by atoms with Gasteiger partial charge in [-0.15, -0.1) is 0 Å². The first-order chi connectivity index (χ1) is 11.0. The molecule has 0 radical (unpaired) electrons. The van der Waals surface area contributed by atoms with Gasteiger partial charge in [0, 0.05) is 5.54 Å². The summed E-state index contributed by atoms with van der Waals surface area (Å²) in [7, 11) is -3.53. The van der Waals surface area contributed by atoms with Crippen molar-refractivity contribution in [1.29, 1.82) is 0 Å². The molecule has 0 aromatic heterocycles. The topological polar surface area (TPSA) is 65.1 Å². The molecule has 25 heavy (non-hydrogen) atoms. The van der Waals surface area contributed by atoms with Crippen molar-refractivity contribution in [3.8, 4) is 0 Å². The van der Waals surface area contributed by atoms with E-state index in [0.29, 0.717) is 0 Å². The molecule has 0 aliphatic carbocycles. The third-order valence-corrected chi connectivity index (χ3v) is 6.57. The molecule has 0 saturated heterocycles. The van der Waals surface area contributed by atoms with Crippen molar-refractivity contribution in [2.75, 3.05) is 13.2 Å². The second kappa shape index (κ2) is 8.62. The van der Waals surface area contributed by atoms with Crippen molar-refractivity contribution in [3.63, 3.8) is 0 Å². The van der Waals surface area contributed by atoms with Gasteiger partial charge in [-0.2, -0.15) is 5.06 Å². The molecule has 0 aromatic carbocycles. The fraction of sp³-hybridized carbons (Fsp3) is 0.944. The van der Waals surface area contributed by atoms with Crippen LogP contribution < -0.4 is 0 Å². The van der Waals surface area contributed by atoms with Crippen LogP contribution in [-0.4, -0.2) is 41.0 Å². The van der Waals surface area contributed by atoms with Crippen molar-refractivity contribution >= 4 is 13.4 Å². The lowest BCUT2D eigenvalue weighted by molar-refractivity contribution is -0.285. The van der Waals surface area contributed by atoms with E-state index in [1.165, 1.54) is 6.92 Å². The number of hydrogen-bond donors (Lipinski definition) is 0. The Bertz CT molecular complexity index is 481. The van der Waals surface area contributed by atoms with Gasteiger partial charge < -0.3 is 9.05 Å². The zero-order chi connectivity index (χ0) is 20.3. The summed E-state index contributed by atoms with van der Waals surface area (Å²) < 4.78 is 24.9. The highest BCUT2D eigenvalue weighted by Crippen LogP contribution is 2.61. The Kier molecular flexibility index (Phi) is 8.53. The molecule has 0 rings (SSSR count). The maximum atomic E-state index is 13.7. The molecule has 0 N–H and O–H groups in total. The minimum Gasteiger partial charge on any atom is -0.308 e. The molecule has 0 amide bonds. The first-order valence-electron chi connectivity index (χ1n) is 8.91. The van der Waals surface area contributed by atoms with Gasteiger partial charge in [-0.05, 0) is 60.8 Å². The van der Waals surface area contributed by atoms with E-state index < -0.39 is 29.9 Å². The first-order valence-corrected chi connectivity index (χ1v) is 10.5. The minimum atomic E-state index is -3.53. The number of rotatable bonds is 9. The summed E-state index contributed by atoms with van der Waals surface area (Å²) in [5.74, 6) is -0.796. The minimum absolute atomic E-state index is 0.114. The van der Waals surface area contributed by atoms with E-state index >= 15 is 0 Å². The van der Waals surface area contributed by atoms with Crippen LogP contribution in [0.1, 0.15) is 76.2 Å². The van der Waals surface area contributed by atoms with Crippen molar-refractivity contribution < 1.29 is 23.2 Å². The normalized spacial score (nSPS) is 15.5. The molecule has 0 aromatic rings. The highest BCUT2D eigenvalue weighted by Gasteiger charge is 2.52. The molecular formula is C18H38NO5P. The monoisotopic (exact) mass is 379 g/mol. The van der Waals surface area contributed by atoms with Gasteiger partial charge in [0.15, 0.2) is 5.78 Å². The molecule has 0 aliphatic rings. The number of ketones is 1. The second-order valence-corrected chi connectivity index (χ2v) is 10.9. The lowest BCUT2D eigenvalue weighted by Gasteiger charge is -2.49. The van der Waals surface area contributed by atoms with Gasteiger partial charge in [-0.25, -0.2) is 0 Å². The SMILES string of the molecule is CCOP(=O)(OCC)C(N(OC(C)(C)C(C)=O)C(C)(C)C)C(C)(C)C. The van der Waals surface area contributed by atoms with Crippen molar-refractivity contribution in [2.24, 2.45) is 5.41 Å². The third kappa shape index (κ3) is 6.76. The molecule has 150 valence electrons. The molecule has 0 bridgehead atoms. The summed E-state index contributed by atoms with van der Waals surface area (Å²) in [4.78, 5) is 18.2. The largest absolute Gasteiger partial charge is 0.350 e. The molecule has 1 unspecified atom stereocenters. The van der Waals surface area contributed by atoms with Crippen LogP contribution in [0.5, 0.6) is 0 Å². The van der Waals surface area contributed by atoms with Crippen molar-refractivity contribution in [1.82, 2.24) is 5.06 Å². The second-order valence-electron chi connectivity index (χ2n) is 8.77. The van der Waals surface area contributed by atoms with Crippen LogP contribution in [0.2, 0.25) is 0 Å². The standard InChI is InChI=1S/C18H38NO5P/c1-12-22-25(21,23-13-2)15(16(4,5)6)19(17(7,8)9)24-18(10,11)14(3)20/h15H,12-13H2,1-11H3. The molecule has 0 heterocycles. The highest BCUT2D eigenvalue weighted by atomic mass is 31.2. The number of hydroxylamine groups is 2. The number of Topliss-reactive ketones (excluding diaryl/α,β-unsaturated/α-hetero) is 1. The summed E-state index contributed by atoms with van der Waals surface area (Å²) in [6.07, 6.45) is 0. The molecule has 0 saturated carbocycles. The van der Waals surface area contributed by atoms with Gasteiger partial charge in [-0.1, -0.05) is 20.8 Å². The molecule has 7 heteroatoms. The fourth-order valence-corrected chi connectivity index (χ4v) is 5.03. The Hall–Kier alpha value is -0.260. The van der Waals surface area contributed by atoms with Crippen LogP contribution in [0.4, 0.5) is 0 Å². The Morgan fingerprint density at radius 2 is 1.36 bits per heavy atom. The quantitative estimate of drug-likeness (QED) is 0.414. The summed E-state index contributed by atoms with van der Waals surface area (Å²) in [5.41, 5.74) is -2.07. The average Bonchev–Trinajstić information content (AvgIpc) is 2.35. The van der Waals surface area contributed by atoms with Gasteiger partial charge >= 0.3 is 7.60 Å². The summed E-state index contributed by atoms with van der Waals surface area (Å²) in [6, 6.07) is 0. The van der Waals surface area contributed by atoms with Gasteiger partial charge in [0.25, 0.3) is 0 Å². The van der Waals surface area contributed by atoms with Gasteiger partial charge in [0.1, 0.15) is 11.4 Å². The molecule has 0 aliphatic heterocycles. The Labute approximate surface area is 154 Å². The molecule has 0 fully saturated rings. The third-order valence-electron chi connectivity index (χ3n) is 3.75. The lowest BCUT2D eigenvalue weighted by atomic mass is 9.94. The van der Waals surface area contributed by atoms with Crippen LogP contribution in [-0.2, 0) is 23.2 Å². The lowest BCUT2D eigenvalue weighted by Crippen LogP contribution is -2.57. The van der Waals surface area contributed by atoms with E-state index in [9.17, 15) is 9.36 Å². The van der Waals surface area contributed by atoms with Gasteiger partial charge in [0.2, 0.25) is 0 Å². The first kappa shape index (κ1) is 24.7. The van der Waals surface area contributed by atoms with Crippen LogP contribution >= 0.6 is 7.60 Å². The molecular weight excluding hydrogens is 341 g/mol. The highest BCUT2D eigenvalue weighted by molar-refractivity contribution is 7.54. The molecule has 6 nitrogen and oxygen atoms in total. The zero-order valence-electron chi connectivity index (χ0n) is 17.9. The number of carbonyl (C=O) groups excluding carboxylic acids is 1.